The number of carboxylic acid groups (broad SMARTS) is 1. The minimum absolute atomic E-state index is 0.0611. The van der Waals surface area contributed by atoms with E-state index in [1.165, 1.54) is 16.8 Å². The first-order chi connectivity index (χ1) is 23.9. The normalized spacial score (nSPS) is 19.4. The second kappa shape index (κ2) is 14.2. The quantitative estimate of drug-likeness (QED) is 0.159. The van der Waals surface area contributed by atoms with Crippen LogP contribution in [0.5, 0.6) is 11.6 Å². The summed E-state index contributed by atoms with van der Waals surface area (Å²) in [6.45, 7) is 7.45. The van der Waals surface area contributed by atoms with Crippen molar-refractivity contribution in [1.29, 1.82) is 0 Å². The Bertz CT molecular complexity index is 1810. The third-order valence-electron chi connectivity index (χ3n) is 9.73. The number of nitrogen functional groups attached to an aromatic ring is 1. The van der Waals surface area contributed by atoms with Crippen LogP contribution in [0.25, 0.3) is 16.8 Å². The zero-order valence-electron chi connectivity index (χ0n) is 28.3. The lowest BCUT2D eigenvalue weighted by molar-refractivity contribution is -0.198. The fourth-order valence-corrected chi connectivity index (χ4v) is 7.21. The largest absolute Gasteiger partial charge is 0.494 e. The van der Waals surface area contributed by atoms with Gasteiger partial charge in [-0.3, -0.25) is 4.79 Å². The van der Waals surface area contributed by atoms with Crippen molar-refractivity contribution in [2.45, 2.75) is 77.2 Å². The van der Waals surface area contributed by atoms with E-state index in [1.54, 1.807) is 31.3 Å². The number of alkyl halides is 3. The van der Waals surface area contributed by atoms with Crippen molar-refractivity contribution in [2.24, 2.45) is 5.41 Å². The average Bonchev–Trinajstić information content (AvgIpc) is 3.69. The molecular weight excluding hydrogens is 651 g/mol. The van der Waals surface area contributed by atoms with Gasteiger partial charge in [-0.2, -0.15) is 28.2 Å². The minimum atomic E-state index is -4.83. The SMILES string of the molecule is CCCOc1ccc(-c2ccc([C@@H](Oc3cc(N4CCC5(CC4)CC(C(=O)O)NC5CC)nc(N)n3)C(F)(F)F)c(-n3ccc(C)n3)c2)cc1. The Labute approximate surface area is 288 Å². The number of aliphatic carboxylic acids is 1. The smallest absolute Gasteiger partial charge is 0.429 e. The molecule has 2 aromatic carbocycles. The van der Waals surface area contributed by atoms with Crippen molar-refractivity contribution < 1.29 is 32.5 Å². The Morgan fingerprint density at radius 3 is 2.42 bits per heavy atom. The van der Waals surface area contributed by atoms with E-state index < -0.39 is 24.3 Å². The van der Waals surface area contributed by atoms with E-state index >= 15 is 0 Å². The van der Waals surface area contributed by atoms with Crippen LogP contribution in [-0.2, 0) is 4.79 Å². The summed E-state index contributed by atoms with van der Waals surface area (Å²) in [4.78, 5) is 22.0. The first-order valence-corrected chi connectivity index (χ1v) is 16.9. The number of nitrogens with two attached hydrogens (primary N) is 1. The van der Waals surface area contributed by atoms with Gasteiger partial charge in [-0.1, -0.05) is 38.1 Å². The Kier molecular flexibility index (Phi) is 9.92. The molecule has 4 N–H and O–H groups in total. The third-order valence-corrected chi connectivity index (χ3v) is 9.73. The number of rotatable bonds is 11. The Morgan fingerprint density at radius 1 is 1.08 bits per heavy atom. The molecule has 0 saturated carbocycles. The highest BCUT2D eigenvalue weighted by molar-refractivity contribution is 5.74. The maximum Gasteiger partial charge on any atom is 0.429 e. The summed E-state index contributed by atoms with van der Waals surface area (Å²) in [5.41, 5.74) is 8.01. The van der Waals surface area contributed by atoms with Crippen LogP contribution in [-0.4, -0.2) is 68.8 Å². The zero-order valence-corrected chi connectivity index (χ0v) is 28.3. The topological polar surface area (TPSA) is 141 Å². The number of carbonyl (C=O) groups is 1. The first kappa shape index (κ1) is 35.0. The summed E-state index contributed by atoms with van der Waals surface area (Å²) < 4.78 is 57.6. The molecule has 0 amide bonds. The van der Waals surface area contributed by atoms with Crippen molar-refractivity contribution in [2.75, 3.05) is 30.3 Å². The molecule has 4 heterocycles. The van der Waals surface area contributed by atoms with Crippen molar-refractivity contribution >= 4 is 17.7 Å². The molecule has 2 saturated heterocycles. The molecule has 2 unspecified atom stereocenters. The van der Waals surface area contributed by atoms with Crippen molar-refractivity contribution in [3.63, 3.8) is 0 Å². The van der Waals surface area contributed by atoms with Gasteiger partial charge < -0.3 is 30.5 Å². The molecule has 11 nitrogen and oxygen atoms in total. The summed E-state index contributed by atoms with van der Waals surface area (Å²) in [7, 11) is 0. The van der Waals surface area contributed by atoms with Crippen LogP contribution in [0, 0.1) is 12.3 Å². The number of nitrogens with one attached hydrogen (secondary N) is 1. The number of anilines is 2. The molecule has 0 bridgehead atoms. The number of benzene rings is 2. The van der Waals surface area contributed by atoms with Crippen molar-refractivity contribution in [1.82, 2.24) is 25.1 Å². The predicted octanol–water partition coefficient (Wildman–Crippen LogP) is 6.50. The van der Waals surface area contributed by atoms with Gasteiger partial charge in [-0.25, -0.2) is 4.68 Å². The van der Waals surface area contributed by atoms with Crippen LogP contribution in [0.15, 0.2) is 60.8 Å². The maximum atomic E-state index is 14.9. The molecule has 6 rings (SSSR count). The lowest BCUT2D eigenvalue weighted by atomic mass is 9.71. The summed E-state index contributed by atoms with van der Waals surface area (Å²) in [5.74, 6) is -0.338. The van der Waals surface area contributed by atoms with Gasteiger partial charge >= 0.3 is 12.1 Å². The summed E-state index contributed by atoms with van der Waals surface area (Å²) in [6, 6.07) is 14.6. The predicted molar refractivity (Wildman–Crippen MR) is 183 cm³/mol. The summed E-state index contributed by atoms with van der Waals surface area (Å²) in [6.07, 6.45) is -2.05. The van der Waals surface area contributed by atoms with E-state index in [4.69, 9.17) is 15.2 Å². The molecule has 4 aromatic rings. The molecule has 3 atom stereocenters. The van der Waals surface area contributed by atoms with E-state index in [9.17, 15) is 23.1 Å². The van der Waals surface area contributed by atoms with Gasteiger partial charge in [0.1, 0.15) is 17.6 Å². The van der Waals surface area contributed by atoms with Gasteiger partial charge in [0.25, 0.3) is 0 Å². The van der Waals surface area contributed by atoms with Crippen LogP contribution < -0.4 is 25.4 Å². The lowest BCUT2D eigenvalue weighted by Crippen LogP contribution is -2.46. The van der Waals surface area contributed by atoms with Crippen LogP contribution in [0.2, 0.25) is 0 Å². The molecule has 2 fully saturated rings. The number of aryl methyl sites for hydroxylation is 1. The zero-order chi connectivity index (χ0) is 35.6. The lowest BCUT2D eigenvalue weighted by Gasteiger charge is -2.43. The highest BCUT2D eigenvalue weighted by atomic mass is 19.4. The van der Waals surface area contributed by atoms with E-state index in [0.717, 1.165) is 18.4 Å². The van der Waals surface area contributed by atoms with Gasteiger partial charge in [0.05, 0.1) is 18.0 Å². The Hall–Kier alpha value is -4.85. The number of ether oxygens (including phenoxy) is 2. The molecule has 0 aliphatic carbocycles. The molecule has 14 heteroatoms. The second-order valence-corrected chi connectivity index (χ2v) is 13.1. The van der Waals surface area contributed by atoms with Gasteiger partial charge in [0.15, 0.2) is 0 Å². The molecule has 266 valence electrons. The van der Waals surface area contributed by atoms with Crippen molar-refractivity contribution in [3.05, 3.63) is 72.1 Å². The monoisotopic (exact) mass is 693 g/mol. The number of aromatic nitrogens is 4. The molecule has 50 heavy (non-hydrogen) atoms. The van der Waals surface area contributed by atoms with E-state index in [2.05, 4.69) is 20.4 Å². The van der Waals surface area contributed by atoms with Gasteiger partial charge in [-0.05, 0) is 79.8 Å². The standard InChI is InChI=1S/C36H42F3N7O4/c1-4-18-49-25-9-6-23(7-10-25)24-8-11-26(28(19-24)46-15-12-22(3)44-46)32(36(37,38)39)50-31-20-30(42-34(40)43-31)45-16-13-35(14-17-45)21-27(33(47)48)41-29(35)5-2/h6-12,15,19-20,27,29,32,41H,4-5,13-14,16-18,21H2,1-3H3,(H,47,48)(H2,40,42,43)/t27?,29?,32-/m1/s1. The minimum Gasteiger partial charge on any atom is -0.494 e. The fourth-order valence-electron chi connectivity index (χ4n) is 7.21. The van der Waals surface area contributed by atoms with Crippen LogP contribution in [0.3, 0.4) is 0 Å². The van der Waals surface area contributed by atoms with Crippen LogP contribution in [0.1, 0.15) is 63.3 Å². The van der Waals surface area contributed by atoms with Crippen LogP contribution in [0.4, 0.5) is 24.9 Å². The molecule has 2 aromatic heterocycles. The molecular formula is C36H42F3N7O4. The Morgan fingerprint density at radius 2 is 1.80 bits per heavy atom. The van der Waals surface area contributed by atoms with Crippen molar-refractivity contribution in [3.8, 4) is 28.4 Å². The Balaban J connectivity index is 1.29. The van der Waals surface area contributed by atoms with E-state index in [1.807, 2.05) is 43.0 Å². The molecule has 0 radical (unpaired) electrons. The fraction of sp³-hybridized carbons (Fsp3) is 0.444. The number of nitrogens with zero attached hydrogens (tertiary/aromatic N) is 5. The first-order valence-electron chi connectivity index (χ1n) is 16.9. The van der Waals surface area contributed by atoms with E-state index in [0.29, 0.717) is 61.8 Å². The number of hydrogen-bond acceptors (Lipinski definition) is 9. The summed E-state index contributed by atoms with van der Waals surface area (Å²) in [5, 5.41) is 17.3. The maximum absolute atomic E-state index is 14.9. The molecule has 2 aliphatic heterocycles. The molecule has 1 spiro atoms. The number of halogens is 3. The molecule has 2 aliphatic rings. The second-order valence-electron chi connectivity index (χ2n) is 13.1. The number of piperidine rings is 1. The summed E-state index contributed by atoms with van der Waals surface area (Å²) >= 11 is 0. The highest BCUT2D eigenvalue weighted by Gasteiger charge is 2.50. The van der Waals surface area contributed by atoms with Gasteiger partial charge in [-0.15, -0.1) is 0 Å². The van der Waals surface area contributed by atoms with Crippen LogP contribution >= 0.6 is 0 Å². The number of carboxylic acids is 1. The highest BCUT2D eigenvalue weighted by Crippen LogP contribution is 2.46. The third kappa shape index (κ3) is 7.35. The average molecular weight is 694 g/mol. The van der Waals surface area contributed by atoms with Gasteiger partial charge in [0.2, 0.25) is 17.9 Å². The number of hydrogen-bond donors (Lipinski definition) is 3. The van der Waals surface area contributed by atoms with Gasteiger partial charge in [0, 0.05) is 37.0 Å². The van der Waals surface area contributed by atoms with E-state index in [-0.39, 0.29) is 34.5 Å².